The number of aromatic nitrogens is 4. The van der Waals surface area contributed by atoms with Gasteiger partial charge in [0.05, 0.1) is 31.7 Å². The number of aliphatic hydroxyl groups is 4. The number of rotatable bonds is 35. The Morgan fingerprint density at radius 3 is 2.10 bits per heavy atom. The van der Waals surface area contributed by atoms with E-state index in [4.69, 9.17) is 19.5 Å². The fraction of sp³-hybridized carbons (Fsp3) is 0.795. The first-order chi connectivity index (χ1) is 32.4. The lowest BCUT2D eigenvalue weighted by Crippen LogP contribution is -2.46. The predicted molar refractivity (Wildman–Crippen MR) is 249 cm³/mol. The third-order valence-electron chi connectivity index (χ3n) is 10.9. The third kappa shape index (κ3) is 22.0. The van der Waals surface area contributed by atoms with Crippen molar-refractivity contribution in [1.82, 2.24) is 30.2 Å². The molecule has 2 amide bonds. The second-order valence-electron chi connectivity index (χ2n) is 17.3. The molecule has 26 nitrogen and oxygen atoms in total. The average Bonchev–Trinajstić information content (AvgIpc) is 3.83. The molecule has 0 aliphatic carbocycles. The van der Waals surface area contributed by atoms with Crippen LogP contribution < -0.4 is 16.4 Å². The zero-order chi connectivity index (χ0) is 51.4. The number of amides is 2. The van der Waals surface area contributed by atoms with Crippen LogP contribution in [-0.4, -0.2) is 145 Å². The van der Waals surface area contributed by atoms with Gasteiger partial charge in [0.15, 0.2) is 22.8 Å². The standard InChI is InChI=1S/C39H70N7O19P3S/c1-4-5-6-7-9-12-15-26(47)27(48)16-13-10-8-11-14-17-30(50)69-21-20-41-29(49)18-19-42-37(53)34(52)39(2,3)23-62-68(59,60)65-67(57,58)61-22-28-33(64-66(54,55)56)32(51)38(63-28)46-25-45-31-35(40)43-24-44-36(31)46/h24-28,32-34,38,47-48,51-52H,4-23H2,1-3H3,(H,41,49)(H,42,53)(H,57,58)(H,59,60)(H2,40,43,44)(H2,54,55,56)/t26-,27+,28+,32+,33+,34-,38+/m0/s1. The summed E-state index contributed by atoms with van der Waals surface area (Å²) in [5, 5.41) is 47.0. The fourth-order valence-corrected chi connectivity index (χ4v) is 10.6. The van der Waals surface area contributed by atoms with Gasteiger partial charge in [-0.15, -0.1) is 0 Å². The highest BCUT2D eigenvalue weighted by molar-refractivity contribution is 8.13. The molecule has 0 spiro atoms. The van der Waals surface area contributed by atoms with Gasteiger partial charge in [-0.1, -0.05) is 96.7 Å². The number of phosphoric ester groups is 3. The van der Waals surface area contributed by atoms with Crippen LogP contribution in [0.3, 0.4) is 0 Å². The maximum atomic E-state index is 12.7. The Bertz CT molecular complexity index is 2070. The molecule has 1 aliphatic rings. The van der Waals surface area contributed by atoms with E-state index in [1.165, 1.54) is 33.1 Å². The van der Waals surface area contributed by atoms with E-state index in [1.807, 2.05) is 0 Å². The number of nitrogen functional groups attached to an aromatic ring is 1. The number of thioether (sulfide) groups is 1. The number of nitrogens with two attached hydrogens (primary N) is 1. The molecule has 69 heavy (non-hydrogen) atoms. The Kier molecular flexibility index (Phi) is 25.8. The van der Waals surface area contributed by atoms with E-state index in [9.17, 15) is 68.1 Å². The molecule has 396 valence electrons. The minimum Gasteiger partial charge on any atom is -0.390 e. The predicted octanol–water partition coefficient (Wildman–Crippen LogP) is 2.87. The van der Waals surface area contributed by atoms with E-state index in [-0.39, 0.29) is 41.6 Å². The van der Waals surface area contributed by atoms with Crippen molar-refractivity contribution in [3.05, 3.63) is 12.7 Å². The van der Waals surface area contributed by atoms with Gasteiger partial charge in [-0.3, -0.25) is 32.5 Å². The van der Waals surface area contributed by atoms with Gasteiger partial charge in [0.2, 0.25) is 11.8 Å². The summed E-state index contributed by atoms with van der Waals surface area (Å²) in [6.07, 6.45) is 4.18. The first-order valence-electron chi connectivity index (χ1n) is 22.8. The number of imidazole rings is 1. The molecule has 2 aromatic rings. The van der Waals surface area contributed by atoms with E-state index in [0.717, 1.165) is 80.4 Å². The molecule has 2 unspecified atom stereocenters. The highest BCUT2D eigenvalue weighted by Gasteiger charge is 2.50. The lowest BCUT2D eigenvalue weighted by molar-refractivity contribution is -0.137. The fourth-order valence-electron chi connectivity index (χ4n) is 7.04. The van der Waals surface area contributed by atoms with Gasteiger partial charge in [0.1, 0.15) is 36.3 Å². The van der Waals surface area contributed by atoms with Crippen molar-refractivity contribution in [3.8, 4) is 0 Å². The summed E-state index contributed by atoms with van der Waals surface area (Å²) in [4.78, 5) is 88.4. The van der Waals surface area contributed by atoms with Crippen molar-refractivity contribution in [3.63, 3.8) is 0 Å². The number of hydrogen-bond acceptors (Lipinski definition) is 20. The molecule has 0 bridgehead atoms. The normalized spacial score (nSPS) is 20.8. The SMILES string of the molecule is CCCCCCCC[C@H](O)[C@H](O)CCCCCCCC(=O)SCCNC(=O)CCNC(=O)[C@H](O)C(C)(C)COP(=O)(O)OP(=O)(O)OC[C@H]1O[C@@H](n2cnc3c(N)ncnc32)[C@H](O)[C@@H]1OP(=O)(O)O. The van der Waals surface area contributed by atoms with Crippen LogP contribution in [0.2, 0.25) is 0 Å². The maximum absolute atomic E-state index is 12.7. The summed E-state index contributed by atoms with van der Waals surface area (Å²) in [6, 6.07) is 0. The van der Waals surface area contributed by atoms with Crippen LogP contribution in [0.5, 0.6) is 0 Å². The summed E-state index contributed by atoms with van der Waals surface area (Å²) in [5.41, 5.74) is 4.25. The molecule has 2 aromatic heterocycles. The number of carbonyl (C=O) groups is 3. The number of ether oxygens (including phenoxy) is 1. The highest BCUT2D eigenvalue weighted by Crippen LogP contribution is 2.61. The topological polar surface area (TPSA) is 404 Å². The summed E-state index contributed by atoms with van der Waals surface area (Å²) >= 11 is 1.10. The van der Waals surface area contributed by atoms with E-state index < -0.39 is 96.8 Å². The molecule has 0 radical (unpaired) electrons. The van der Waals surface area contributed by atoms with Crippen LogP contribution in [0.15, 0.2) is 12.7 Å². The van der Waals surface area contributed by atoms with Crippen LogP contribution in [0.1, 0.15) is 123 Å². The lowest BCUT2D eigenvalue weighted by atomic mass is 9.87. The Hall–Kier alpha value is -2.52. The van der Waals surface area contributed by atoms with Gasteiger partial charge in [0.25, 0.3) is 0 Å². The summed E-state index contributed by atoms with van der Waals surface area (Å²) in [6.45, 7) is 2.62. The van der Waals surface area contributed by atoms with E-state index in [2.05, 4.69) is 41.3 Å². The van der Waals surface area contributed by atoms with Gasteiger partial charge in [-0.25, -0.2) is 28.6 Å². The number of anilines is 1. The van der Waals surface area contributed by atoms with Gasteiger partial charge in [-0.2, -0.15) is 4.31 Å². The minimum atomic E-state index is -5.59. The second-order valence-corrected chi connectivity index (χ2v) is 22.7. The molecule has 3 heterocycles. The molecule has 0 aromatic carbocycles. The molecular weight excluding hydrogens is 995 g/mol. The second kappa shape index (κ2) is 29.2. The minimum absolute atomic E-state index is 0.00517. The largest absolute Gasteiger partial charge is 0.481 e. The zero-order valence-electron chi connectivity index (χ0n) is 39.0. The number of carbonyl (C=O) groups excluding carboxylic acids is 3. The summed E-state index contributed by atoms with van der Waals surface area (Å²) in [5.74, 6) is -1.13. The number of nitrogens with one attached hydrogen (secondary N) is 2. The molecule has 1 fully saturated rings. The van der Waals surface area contributed by atoms with Gasteiger partial charge in [0, 0.05) is 37.1 Å². The van der Waals surface area contributed by atoms with Gasteiger partial charge < -0.3 is 61.1 Å². The lowest BCUT2D eigenvalue weighted by Gasteiger charge is -2.30. The first kappa shape index (κ1) is 60.8. The molecule has 12 N–H and O–H groups in total. The van der Waals surface area contributed by atoms with Gasteiger partial charge >= 0.3 is 23.5 Å². The van der Waals surface area contributed by atoms with E-state index >= 15 is 0 Å². The highest BCUT2D eigenvalue weighted by atomic mass is 32.2. The van der Waals surface area contributed by atoms with Crippen LogP contribution in [0.4, 0.5) is 5.82 Å². The Morgan fingerprint density at radius 1 is 0.855 bits per heavy atom. The van der Waals surface area contributed by atoms with Crippen molar-refractivity contribution in [2.24, 2.45) is 5.41 Å². The molecule has 3 rings (SSSR count). The van der Waals surface area contributed by atoms with Crippen LogP contribution in [0.25, 0.3) is 11.2 Å². The maximum Gasteiger partial charge on any atom is 0.481 e. The quantitative estimate of drug-likeness (QED) is 0.0349. The molecule has 9 atom stereocenters. The number of hydrogen-bond donors (Lipinski definition) is 11. The average molecular weight is 1070 g/mol. The summed E-state index contributed by atoms with van der Waals surface area (Å²) in [7, 11) is -16.4. The number of nitrogens with zero attached hydrogens (tertiary/aromatic N) is 4. The van der Waals surface area contributed by atoms with Crippen LogP contribution >= 0.6 is 35.2 Å². The van der Waals surface area contributed by atoms with Crippen molar-refractivity contribution < 1.29 is 90.7 Å². The van der Waals surface area contributed by atoms with Crippen molar-refractivity contribution in [1.29, 1.82) is 0 Å². The summed E-state index contributed by atoms with van der Waals surface area (Å²) < 4.78 is 62.4. The van der Waals surface area contributed by atoms with Crippen molar-refractivity contribution >= 4 is 69.1 Å². The Labute approximate surface area is 404 Å². The molecule has 1 saturated heterocycles. The van der Waals surface area contributed by atoms with Crippen LogP contribution in [-0.2, 0) is 50.7 Å². The molecule has 0 saturated carbocycles. The molecular formula is C39H70N7O19P3S. The monoisotopic (exact) mass is 1070 g/mol. The molecule has 1 aliphatic heterocycles. The Balaban J connectivity index is 1.30. The number of unbranched alkanes of at least 4 members (excludes halogenated alkanes) is 9. The van der Waals surface area contributed by atoms with E-state index in [1.54, 1.807) is 0 Å². The third-order valence-corrected chi connectivity index (χ3v) is 15.0. The molecule has 30 heteroatoms. The van der Waals surface area contributed by atoms with Crippen molar-refractivity contribution in [2.45, 2.75) is 160 Å². The smallest absolute Gasteiger partial charge is 0.390 e. The number of aliphatic hydroxyl groups excluding tert-OH is 4. The van der Waals surface area contributed by atoms with Crippen molar-refractivity contribution in [2.75, 3.05) is 37.8 Å². The first-order valence-corrected chi connectivity index (χ1v) is 28.3. The van der Waals surface area contributed by atoms with E-state index in [0.29, 0.717) is 25.0 Å². The zero-order valence-corrected chi connectivity index (χ0v) is 42.5. The number of fused-ring (bicyclic) bond motifs is 1. The van der Waals surface area contributed by atoms with Crippen LogP contribution in [0, 0.1) is 5.41 Å². The number of phosphoric acid groups is 3. The van der Waals surface area contributed by atoms with Gasteiger partial charge in [-0.05, 0) is 19.3 Å². The Morgan fingerprint density at radius 2 is 1.46 bits per heavy atom.